The molecule has 1 atom stereocenters. The first-order chi connectivity index (χ1) is 18.6. The van der Waals surface area contributed by atoms with Gasteiger partial charge in [0, 0.05) is 67.4 Å². The van der Waals surface area contributed by atoms with Crippen molar-refractivity contribution in [2.24, 2.45) is 5.41 Å². The van der Waals surface area contributed by atoms with Crippen LogP contribution in [-0.2, 0) is 11.2 Å². The van der Waals surface area contributed by atoms with Gasteiger partial charge in [0.15, 0.2) is 5.43 Å². The van der Waals surface area contributed by atoms with Crippen molar-refractivity contribution >= 4 is 11.8 Å². The summed E-state index contributed by atoms with van der Waals surface area (Å²) in [5.41, 5.74) is 4.41. The summed E-state index contributed by atoms with van der Waals surface area (Å²) in [6.45, 7) is 12.5. The van der Waals surface area contributed by atoms with Crippen LogP contribution >= 0.6 is 0 Å². The van der Waals surface area contributed by atoms with Gasteiger partial charge >= 0.3 is 5.97 Å². The fourth-order valence-electron chi connectivity index (χ4n) is 5.61. The third kappa shape index (κ3) is 5.17. The van der Waals surface area contributed by atoms with Crippen molar-refractivity contribution < 1.29 is 14.3 Å². The highest BCUT2D eigenvalue weighted by molar-refractivity contribution is 5.89. The number of ether oxygens (including phenoxy) is 2. The van der Waals surface area contributed by atoms with Crippen LogP contribution in [0.2, 0.25) is 0 Å². The predicted molar refractivity (Wildman–Crippen MR) is 154 cm³/mol. The predicted octanol–water partition coefficient (Wildman–Crippen LogP) is 4.66. The van der Waals surface area contributed by atoms with E-state index in [1.165, 1.54) is 0 Å². The van der Waals surface area contributed by atoms with Gasteiger partial charge in [-0.15, -0.1) is 0 Å². The van der Waals surface area contributed by atoms with Crippen molar-refractivity contribution in [3.63, 3.8) is 0 Å². The van der Waals surface area contributed by atoms with Crippen molar-refractivity contribution in [2.45, 2.75) is 40.2 Å². The topological polar surface area (TPSA) is 76.9 Å². The van der Waals surface area contributed by atoms with Crippen LogP contribution in [0, 0.1) is 5.41 Å². The summed E-state index contributed by atoms with van der Waals surface area (Å²) in [6, 6.07) is 9.98. The number of esters is 1. The number of piperazine rings is 1. The molecule has 2 aliphatic rings. The molecule has 3 aromatic rings. The summed E-state index contributed by atoms with van der Waals surface area (Å²) in [5.74, 6) is 1.12. The minimum absolute atomic E-state index is 0.0350. The fraction of sp³-hybridized carbons (Fsp3) is 0.452. The van der Waals surface area contributed by atoms with Gasteiger partial charge in [-0.1, -0.05) is 20.8 Å². The van der Waals surface area contributed by atoms with Crippen LogP contribution in [0.1, 0.15) is 49.7 Å². The summed E-state index contributed by atoms with van der Waals surface area (Å²) in [5, 5.41) is 0. The first-order valence-corrected chi connectivity index (χ1v) is 13.6. The zero-order valence-electron chi connectivity index (χ0n) is 23.8. The largest absolute Gasteiger partial charge is 0.496 e. The fourth-order valence-corrected chi connectivity index (χ4v) is 5.61. The number of likely N-dealkylation sites (N-methyl/N-ethyl adjacent to an activating group) is 1. The molecule has 1 aromatic carbocycles. The Morgan fingerprint density at radius 2 is 1.82 bits per heavy atom. The second-order valence-electron chi connectivity index (χ2n) is 11.6. The SMILES string of the molecule is CCOC(=O)c1cn2c(cc1=O)-c1cc(OC)c(-c3ccc(N4CCN(C)CC4)nc3)cc1CC2C(C)(C)C. The number of carbonyl (C=O) groups is 1. The maximum atomic E-state index is 13.0. The molecule has 1 unspecified atom stereocenters. The van der Waals surface area contributed by atoms with E-state index >= 15 is 0 Å². The first kappa shape index (κ1) is 26.9. The number of benzene rings is 1. The van der Waals surface area contributed by atoms with Gasteiger partial charge in [-0.3, -0.25) is 4.79 Å². The van der Waals surface area contributed by atoms with Crippen LogP contribution < -0.4 is 15.1 Å². The number of methoxy groups -OCH3 is 1. The van der Waals surface area contributed by atoms with Crippen molar-refractivity contribution in [1.82, 2.24) is 14.5 Å². The van der Waals surface area contributed by atoms with Crippen molar-refractivity contribution in [2.75, 3.05) is 51.8 Å². The number of rotatable bonds is 5. The lowest BCUT2D eigenvalue weighted by Crippen LogP contribution is -2.44. The van der Waals surface area contributed by atoms with E-state index in [1.54, 1.807) is 26.3 Å². The van der Waals surface area contributed by atoms with Crippen LogP contribution in [0.5, 0.6) is 5.75 Å². The molecule has 2 aromatic heterocycles. The second-order valence-corrected chi connectivity index (χ2v) is 11.6. The molecule has 0 spiro atoms. The van der Waals surface area contributed by atoms with Crippen LogP contribution in [0.25, 0.3) is 22.4 Å². The standard InChI is InChI=1S/C31H38N4O4/c1-7-39-30(37)24-19-35-25(17-26(24)36)22-16-27(38-6)23(14-21(22)15-28(35)31(2,3)4)20-8-9-29(32-18-20)34-12-10-33(5)11-13-34/h8-9,14,16-19,28H,7,10-13,15H2,1-6H3. The minimum Gasteiger partial charge on any atom is -0.496 e. The van der Waals surface area contributed by atoms with Crippen LogP contribution in [0.3, 0.4) is 0 Å². The average Bonchev–Trinajstić information content (AvgIpc) is 2.91. The molecule has 0 saturated carbocycles. The maximum Gasteiger partial charge on any atom is 0.343 e. The number of anilines is 1. The smallest absolute Gasteiger partial charge is 0.343 e. The van der Waals surface area contributed by atoms with Gasteiger partial charge < -0.3 is 23.8 Å². The number of nitrogens with zero attached hydrogens (tertiary/aromatic N) is 4. The van der Waals surface area contributed by atoms with Gasteiger partial charge in [-0.2, -0.15) is 0 Å². The molecule has 1 fully saturated rings. The van der Waals surface area contributed by atoms with Crippen LogP contribution in [0.4, 0.5) is 5.82 Å². The van der Waals surface area contributed by atoms with Crippen LogP contribution in [-0.4, -0.2) is 67.4 Å². The molecule has 0 radical (unpaired) electrons. The van der Waals surface area contributed by atoms with Gasteiger partial charge in [0.1, 0.15) is 17.1 Å². The molecule has 0 amide bonds. The Hall–Kier alpha value is -3.65. The molecule has 206 valence electrons. The Bertz CT molecular complexity index is 1430. The molecule has 2 aliphatic heterocycles. The summed E-state index contributed by atoms with van der Waals surface area (Å²) >= 11 is 0. The first-order valence-electron chi connectivity index (χ1n) is 13.6. The Balaban J connectivity index is 1.58. The van der Waals surface area contributed by atoms with E-state index in [0.717, 1.165) is 66.4 Å². The highest BCUT2D eigenvalue weighted by Gasteiger charge is 2.34. The maximum absolute atomic E-state index is 13.0. The molecule has 0 N–H and O–H groups in total. The highest BCUT2D eigenvalue weighted by Crippen LogP contribution is 2.45. The van der Waals surface area contributed by atoms with Crippen molar-refractivity contribution in [3.8, 4) is 28.1 Å². The van der Waals surface area contributed by atoms with E-state index in [0.29, 0.717) is 5.75 Å². The lowest BCUT2D eigenvalue weighted by atomic mass is 9.78. The minimum atomic E-state index is -0.586. The van der Waals surface area contributed by atoms with Gasteiger partial charge in [-0.05, 0) is 55.6 Å². The third-order valence-corrected chi connectivity index (χ3v) is 7.91. The molecule has 8 nitrogen and oxygen atoms in total. The molecular formula is C31H38N4O4. The van der Waals surface area contributed by atoms with E-state index in [4.69, 9.17) is 14.5 Å². The van der Waals surface area contributed by atoms with Gasteiger partial charge in [0.25, 0.3) is 0 Å². The Kier molecular flexibility index (Phi) is 7.25. The zero-order valence-corrected chi connectivity index (χ0v) is 23.8. The number of hydrogen-bond donors (Lipinski definition) is 0. The number of aromatic nitrogens is 2. The van der Waals surface area contributed by atoms with Gasteiger partial charge in [-0.25, -0.2) is 9.78 Å². The van der Waals surface area contributed by atoms with E-state index in [9.17, 15) is 9.59 Å². The Labute approximate surface area is 230 Å². The highest BCUT2D eigenvalue weighted by atomic mass is 16.5. The molecule has 4 heterocycles. The summed E-state index contributed by atoms with van der Waals surface area (Å²) in [4.78, 5) is 35.0. The molecule has 0 bridgehead atoms. The molecule has 8 heteroatoms. The Morgan fingerprint density at radius 3 is 2.44 bits per heavy atom. The molecule has 39 heavy (non-hydrogen) atoms. The third-order valence-electron chi connectivity index (χ3n) is 7.91. The Morgan fingerprint density at radius 1 is 1.08 bits per heavy atom. The van der Waals surface area contributed by atoms with Crippen molar-refractivity contribution in [1.29, 1.82) is 0 Å². The zero-order chi connectivity index (χ0) is 27.9. The summed E-state index contributed by atoms with van der Waals surface area (Å²) in [6.07, 6.45) is 4.35. The average molecular weight is 531 g/mol. The molecule has 0 aliphatic carbocycles. The van der Waals surface area contributed by atoms with Crippen LogP contribution in [0.15, 0.2) is 47.5 Å². The summed E-state index contributed by atoms with van der Waals surface area (Å²) < 4.78 is 13.1. The number of hydrogen-bond acceptors (Lipinski definition) is 7. The monoisotopic (exact) mass is 530 g/mol. The van der Waals surface area contributed by atoms with E-state index in [1.807, 2.05) is 12.3 Å². The number of pyridine rings is 2. The number of fused-ring (bicyclic) bond motifs is 3. The van der Waals surface area contributed by atoms with E-state index in [2.05, 4.69) is 60.4 Å². The second kappa shape index (κ2) is 10.5. The normalized spacial score (nSPS) is 17.4. The lowest BCUT2D eigenvalue weighted by Gasteiger charge is -2.39. The van der Waals surface area contributed by atoms with E-state index in [-0.39, 0.29) is 29.1 Å². The van der Waals surface area contributed by atoms with Crippen molar-refractivity contribution in [3.05, 3.63) is 64.1 Å². The van der Waals surface area contributed by atoms with E-state index < -0.39 is 5.97 Å². The molecule has 1 saturated heterocycles. The quantitative estimate of drug-likeness (QED) is 0.444. The number of carbonyl (C=O) groups excluding carboxylic acids is 1. The summed E-state index contributed by atoms with van der Waals surface area (Å²) in [7, 11) is 3.81. The van der Waals surface area contributed by atoms with Gasteiger partial charge in [0.2, 0.25) is 0 Å². The molecule has 5 rings (SSSR count). The van der Waals surface area contributed by atoms with Gasteiger partial charge in [0.05, 0.1) is 19.4 Å². The molecular weight excluding hydrogens is 492 g/mol. The lowest BCUT2D eigenvalue weighted by molar-refractivity contribution is 0.0523.